The summed E-state index contributed by atoms with van der Waals surface area (Å²) in [4.78, 5) is 0. The van der Waals surface area contributed by atoms with Gasteiger partial charge in [-0.1, -0.05) is 6.08 Å². The molecule has 0 aliphatic carbocycles. The van der Waals surface area contributed by atoms with Crippen LogP contribution in [-0.2, 0) is 4.74 Å². The molecule has 1 atom stereocenters. The molecule has 1 N–H and O–H groups in total. The molecule has 0 aromatic heterocycles. The van der Waals surface area contributed by atoms with Crippen LogP contribution in [0.1, 0.15) is 13.3 Å². The normalized spacial score (nSPS) is 33.6. The van der Waals surface area contributed by atoms with Crippen molar-refractivity contribution in [3.63, 3.8) is 0 Å². The van der Waals surface area contributed by atoms with Crippen molar-refractivity contribution in [2.75, 3.05) is 19.7 Å². The lowest BCUT2D eigenvalue weighted by Crippen LogP contribution is -2.48. The number of ether oxygens (including phenoxy) is 1. The third kappa shape index (κ3) is 2.29. The number of hydroxylamine groups is 2. The van der Waals surface area contributed by atoms with Gasteiger partial charge in [0, 0.05) is 6.54 Å². The molecular weight excluding hydrogens is 142 g/mol. The summed E-state index contributed by atoms with van der Waals surface area (Å²) in [6.07, 6.45) is 2.60. The number of rotatable bonds is 2. The predicted octanol–water partition coefficient (Wildman–Crippen LogP) is 1.04. The SMILES string of the molecule is C=CC[C@@]1(C)CN(O)CCO1. The maximum absolute atomic E-state index is 9.19. The molecule has 0 unspecified atom stereocenters. The van der Waals surface area contributed by atoms with Crippen molar-refractivity contribution in [2.45, 2.75) is 18.9 Å². The summed E-state index contributed by atoms with van der Waals surface area (Å²) in [7, 11) is 0. The summed E-state index contributed by atoms with van der Waals surface area (Å²) in [6.45, 7) is 7.40. The van der Waals surface area contributed by atoms with Gasteiger partial charge in [0.2, 0.25) is 0 Å². The van der Waals surface area contributed by atoms with Crippen molar-refractivity contribution in [1.29, 1.82) is 0 Å². The molecule has 1 saturated heterocycles. The largest absolute Gasteiger partial charge is 0.372 e. The molecule has 11 heavy (non-hydrogen) atoms. The maximum Gasteiger partial charge on any atom is 0.0838 e. The van der Waals surface area contributed by atoms with E-state index < -0.39 is 0 Å². The second-order valence-corrected chi connectivity index (χ2v) is 3.18. The van der Waals surface area contributed by atoms with Crippen LogP contribution in [-0.4, -0.2) is 35.6 Å². The van der Waals surface area contributed by atoms with Crippen LogP contribution in [0.15, 0.2) is 12.7 Å². The molecule has 1 heterocycles. The molecule has 0 spiro atoms. The summed E-state index contributed by atoms with van der Waals surface area (Å²) < 4.78 is 5.50. The van der Waals surface area contributed by atoms with Crippen LogP contribution in [0.5, 0.6) is 0 Å². The molecule has 1 rings (SSSR count). The van der Waals surface area contributed by atoms with Crippen molar-refractivity contribution < 1.29 is 9.94 Å². The van der Waals surface area contributed by atoms with E-state index in [0.717, 1.165) is 6.42 Å². The number of morpholine rings is 1. The zero-order valence-corrected chi connectivity index (χ0v) is 6.92. The second kappa shape index (κ2) is 3.34. The van der Waals surface area contributed by atoms with E-state index >= 15 is 0 Å². The average molecular weight is 157 g/mol. The van der Waals surface area contributed by atoms with E-state index in [1.54, 1.807) is 0 Å². The minimum atomic E-state index is -0.241. The molecular formula is C8H15NO2. The van der Waals surface area contributed by atoms with Gasteiger partial charge >= 0.3 is 0 Å². The van der Waals surface area contributed by atoms with E-state index in [1.165, 1.54) is 5.06 Å². The molecule has 0 radical (unpaired) electrons. The fourth-order valence-corrected chi connectivity index (χ4v) is 1.34. The van der Waals surface area contributed by atoms with Crippen molar-refractivity contribution in [2.24, 2.45) is 0 Å². The van der Waals surface area contributed by atoms with Gasteiger partial charge < -0.3 is 9.94 Å². The first kappa shape index (κ1) is 8.71. The van der Waals surface area contributed by atoms with E-state index in [-0.39, 0.29) is 5.60 Å². The minimum absolute atomic E-state index is 0.241. The first-order chi connectivity index (χ1) is 5.16. The Morgan fingerprint density at radius 1 is 1.82 bits per heavy atom. The van der Waals surface area contributed by atoms with E-state index in [0.29, 0.717) is 19.7 Å². The van der Waals surface area contributed by atoms with E-state index in [1.807, 2.05) is 13.0 Å². The molecule has 3 nitrogen and oxygen atoms in total. The Labute approximate surface area is 67.2 Å². The molecule has 0 aromatic carbocycles. The fraction of sp³-hybridized carbons (Fsp3) is 0.750. The highest BCUT2D eigenvalue weighted by molar-refractivity contribution is 4.87. The van der Waals surface area contributed by atoms with Gasteiger partial charge in [0.25, 0.3) is 0 Å². The van der Waals surface area contributed by atoms with Crippen LogP contribution in [0.3, 0.4) is 0 Å². The van der Waals surface area contributed by atoms with Crippen molar-refractivity contribution >= 4 is 0 Å². The van der Waals surface area contributed by atoms with Crippen LogP contribution < -0.4 is 0 Å². The van der Waals surface area contributed by atoms with Crippen molar-refractivity contribution in [1.82, 2.24) is 5.06 Å². The Hall–Kier alpha value is -0.380. The van der Waals surface area contributed by atoms with Gasteiger partial charge in [-0.15, -0.1) is 6.58 Å². The summed E-state index contributed by atoms with van der Waals surface area (Å²) in [5.41, 5.74) is -0.241. The predicted molar refractivity (Wildman–Crippen MR) is 42.5 cm³/mol. The number of hydrogen-bond donors (Lipinski definition) is 1. The quantitative estimate of drug-likeness (QED) is 0.608. The summed E-state index contributed by atoms with van der Waals surface area (Å²) >= 11 is 0. The average Bonchev–Trinajstić information content (AvgIpc) is 1.86. The van der Waals surface area contributed by atoms with Gasteiger partial charge in [0.1, 0.15) is 0 Å². The smallest absolute Gasteiger partial charge is 0.0838 e. The van der Waals surface area contributed by atoms with Gasteiger partial charge in [-0.25, -0.2) is 0 Å². The standard InChI is InChI=1S/C8H15NO2/c1-3-4-8(2)7-9(10)5-6-11-8/h3,10H,1,4-7H2,2H3/t8-/m0/s1. The molecule has 0 amide bonds. The molecule has 0 saturated carbocycles. The van der Waals surface area contributed by atoms with Gasteiger partial charge in [0.05, 0.1) is 18.8 Å². The van der Waals surface area contributed by atoms with Gasteiger partial charge in [-0.2, -0.15) is 5.06 Å². The van der Waals surface area contributed by atoms with Crippen LogP contribution in [0, 0.1) is 0 Å². The highest BCUT2D eigenvalue weighted by atomic mass is 16.5. The van der Waals surface area contributed by atoms with Gasteiger partial charge in [0.15, 0.2) is 0 Å². The van der Waals surface area contributed by atoms with E-state index in [9.17, 15) is 5.21 Å². The zero-order valence-electron chi connectivity index (χ0n) is 6.92. The fourth-order valence-electron chi connectivity index (χ4n) is 1.34. The van der Waals surface area contributed by atoms with Gasteiger partial charge in [-0.05, 0) is 13.3 Å². The lowest BCUT2D eigenvalue weighted by molar-refractivity contribution is -0.201. The molecule has 0 aromatic rings. The number of nitrogens with zero attached hydrogens (tertiary/aromatic N) is 1. The zero-order chi connectivity index (χ0) is 8.32. The van der Waals surface area contributed by atoms with Gasteiger partial charge in [-0.3, -0.25) is 0 Å². The molecule has 3 heteroatoms. The Morgan fingerprint density at radius 3 is 3.09 bits per heavy atom. The first-order valence-corrected chi connectivity index (χ1v) is 3.85. The van der Waals surface area contributed by atoms with Crippen LogP contribution in [0.2, 0.25) is 0 Å². The maximum atomic E-state index is 9.19. The highest BCUT2D eigenvalue weighted by Gasteiger charge is 2.29. The Kier molecular flexibility index (Phi) is 2.65. The Morgan fingerprint density at radius 2 is 2.55 bits per heavy atom. The summed E-state index contributed by atoms with van der Waals surface area (Å²) in [5, 5.41) is 10.5. The van der Waals surface area contributed by atoms with E-state index in [2.05, 4.69) is 6.58 Å². The van der Waals surface area contributed by atoms with E-state index in [4.69, 9.17) is 4.74 Å². The minimum Gasteiger partial charge on any atom is -0.372 e. The second-order valence-electron chi connectivity index (χ2n) is 3.18. The lowest BCUT2D eigenvalue weighted by atomic mass is 10.0. The molecule has 1 aliphatic heterocycles. The van der Waals surface area contributed by atoms with Crippen LogP contribution >= 0.6 is 0 Å². The van der Waals surface area contributed by atoms with Crippen LogP contribution in [0.25, 0.3) is 0 Å². The van der Waals surface area contributed by atoms with Crippen LogP contribution in [0.4, 0.5) is 0 Å². The summed E-state index contributed by atoms with van der Waals surface area (Å²) in [6, 6.07) is 0. The lowest BCUT2D eigenvalue weighted by Gasteiger charge is -2.36. The first-order valence-electron chi connectivity index (χ1n) is 3.85. The van der Waals surface area contributed by atoms with Crippen molar-refractivity contribution in [3.05, 3.63) is 12.7 Å². The Bertz CT molecular complexity index is 149. The van der Waals surface area contributed by atoms with Crippen molar-refractivity contribution in [3.8, 4) is 0 Å². The third-order valence-corrected chi connectivity index (χ3v) is 1.89. The molecule has 0 bridgehead atoms. The molecule has 1 aliphatic rings. The number of hydrogen-bond acceptors (Lipinski definition) is 3. The molecule has 64 valence electrons. The third-order valence-electron chi connectivity index (χ3n) is 1.89. The molecule has 1 fully saturated rings. The topological polar surface area (TPSA) is 32.7 Å². The summed E-state index contributed by atoms with van der Waals surface area (Å²) in [5.74, 6) is 0. The monoisotopic (exact) mass is 157 g/mol. The Balaban J connectivity index is 2.47. The highest BCUT2D eigenvalue weighted by Crippen LogP contribution is 2.20.